The summed E-state index contributed by atoms with van der Waals surface area (Å²) >= 11 is 8.84. The van der Waals surface area contributed by atoms with Gasteiger partial charge in [0.2, 0.25) is 0 Å². The predicted octanol–water partition coefficient (Wildman–Crippen LogP) is 3.13. The Labute approximate surface area is 87.4 Å². The second-order valence-electron chi connectivity index (χ2n) is 2.73. The summed E-state index contributed by atoms with van der Waals surface area (Å²) in [6.45, 7) is 0. The van der Waals surface area contributed by atoms with E-state index in [1.165, 1.54) is 0 Å². The summed E-state index contributed by atoms with van der Waals surface area (Å²) in [7, 11) is 1.77. The van der Waals surface area contributed by atoms with Crippen molar-refractivity contribution in [2.75, 3.05) is 0 Å². The van der Waals surface area contributed by atoms with Gasteiger partial charge < -0.3 is 0 Å². The van der Waals surface area contributed by atoms with Gasteiger partial charge in [0, 0.05) is 18.6 Å². The van der Waals surface area contributed by atoms with E-state index < -0.39 is 5.82 Å². The lowest BCUT2D eigenvalue weighted by molar-refractivity contribution is 0.623. The van der Waals surface area contributed by atoms with Gasteiger partial charge in [0.1, 0.15) is 10.5 Å². The molecule has 0 spiro atoms. The summed E-state index contributed by atoms with van der Waals surface area (Å²) in [5, 5.41) is 4.92. The van der Waals surface area contributed by atoms with Gasteiger partial charge in [-0.2, -0.15) is 5.10 Å². The van der Waals surface area contributed by atoms with E-state index in [2.05, 4.69) is 21.0 Å². The quantitative estimate of drug-likeness (QED) is 0.668. The van der Waals surface area contributed by atoms with Crippen LogP contribution in [0.15, 0.2) is 16.7 Å². The number of benzene rings is 1. The van der Waals surface area contributed by atoms with Crippen molar-refractivity contribution in [2.45, 2.75) is 0 Å². The lowest BCUT2D eigenvalue weighted by Gasteiger charge is -1.97. The van der Waals surface area contributed by atoms with Crippen LogP contribution in [0.1, 0.15) is 0 Å². The second kappa shape index (κ2) is 2.96. The van der Waals surface area contributed by atoms with Gasteiger partial charge in [-0.05, 0) is 22.0 Å². The maximum atomic E-state index is 13.2. The first-order chi connectivity index (χ1) is 6.09. The molecule has 0 saturated carbocycles. The number of aryl methyl sites for hydroxylation is 1. The molecule has 0 aliphatic heterocycles. The third-order valence-electron chi connectivity index (χ3n) is 1.75. The van der Waals surface area contributed by atoms with E-state index in [1.807, 2.05) is 0 Å². The summed E-state index contributed by atoms with van der Waals surface area (Å²) < 4.78 is 15.2. The van der Waals surface area contributed by atoms with Crippen LogP contribution < -0.4 is 0 Å². The number of halogens is 3. The molecule has 0 saturated heterocycles. The van der Waals surface area contributed by atoms with Crippen LogP contribution in [0.5, 0.6) is 0 Å². The highest BCUT2D eigenvalue weighted by Crippen LogP contribution is 2.30. The lowest BCUT2D eigenvalue weighted by Crippen LogP contribution is -1.86. The fraction of sp³-hybridized carbons (Fsp3) is 0.125. The highest BCUT2D eigenvalue weighted by Gasteiger charge is 2.12. The molecule has 1 heterocycles. The maximum absolute atomic E-state index is 13.2. The Balaban J connectivity index is 2.92. The van der Waals surface area contributed by atoms with Crippen molar-refractivity contribution in [2.24, 2.45) is 7.05 Å². The van der Waals surface area contributed by atoms with Crippen LogP contribution in [0.4, 0.5) is 4.39 Å². The molecule has 2 nitrogen and oxygen atoms in total. The first-order valence-corrected chi connectivity index (χ1v) is 4.73. The van der Waals surface area contributed by atoms with E-state index in [9.17, 15) is 4.39 Å². The Morgan fingerprint density at radius 1 is 1.62 bits per heavy atom. The minimum absolute atomic E-state index is 0.0602. The van der Waals surface area contributed by atoms with Crippen LogP contribution in [0.3, 0.4) is 0 Å². The normalized spacial score (nSPS) is 11.1. The maximum Gasteiger partial charge on any atom is 0.158 e. The van der Waals surface area contributed by atoms with Gasteiger partial charge in [-0.1, -0.05) is 11.6 Å². The summed E-state index contributed by atoms with van der Waals surface area (Å²) in [4.78, 5) is 0. The number of fused-ring (bicyclic) bond motifs is 1. The Hall–Kier alpha value is -0.610. The van der Waals surface area contributed by atoms with Crippen LogP contribution in [0.2, 0.25) is 5.02 Å². The first kappa shape index (κ1) is 8.97. The van der Waals surface area contributed by atoms with E-state index in [1.54, 1.807) is 24.0 Å². The van der Waals surface area contributed by atoms with Crippen molar-refractivity contribution in [1.82, 2.24) is 9.78 Å². The summed E-state index contributed by atoms with van der Waals surface area (Å²) in [6, 6.07) is 1.66. The topological polar surface area (TPSA) is 17.8 Å². The molecule has 0 N–H and O–H groups in total. The first-order valence-electron chi connectivity index (χ1n) is 3.56. The van der Waals surface area contributed by atoms with E-state index in [0.717, 1.165) is 5.39 Å². The van der Waals surface area contributed by atoms with Crippen molar-refractivity contribution in [3.8, 4) is 0 Å². The van der Waals surface area contributed by atoms with Crippen LogP contribution in [0.25, 0.3) is 10.9 Å². The van der Waals surface area contributed by atoms with Crippen molar-refractivity contribution in [3.05, 3.63) is 27.6 Å². The fourth-order valence-electron chi connectivity index (χ4n) is 1.19. The third kappa shape index (κ3) is 1.34. The molecular formula is C8H5BrClFN2. The Kier molecular flexibility index (Phi) is 2.04. The van der Waals surface area contributed by atoms with Gasteiger partial charge in [0.15, 0.2) is 5.82 Å². The molecule has 0 bridgehead atoms. The standard InChI is InChI=1S/C8H5BrClFN2/c1-13-3-4-2-5(9)7(11)6(10)8(4)12-13/h2-3H,1H3. The fourth-order valence-corrected chi connectivity index (χ4v) is 2.00. The van der Waals surface area contributed by atoms with Gasteiger partial charge in [-0.25, -0.2) is 4.39 Å². The molecule has 1 aromatic carbocycles. The van der Waals surface area contributed by atoms with E-state index in [-0.39, 0.29) is 5.02 Å². The number of nitrogens with zero attached hydrogens (tertiary/aromatic N) is 2. The average molecular weight is 263 g/mol. The van der Waals surface area contributed by atoms with Crippen LogP contribution in [-0.2, 0) is 7.05 Å². The molecule has 2 rings (SSSR count). The molecule has 0 unspecified atom stereocenters. The number of rotatable bonds is 0. The lowest BCUT2D eigenvalue weighted by atomic mass is 10.2. The zero-order chi connectivity index (χ0) is 9.59. The molecule has 13 heavy (non-hydrogen) atoms. The molecular weight excluding hydrogens is 258 g/mol. The van der Waals surface area contributed by atoms with Crippen LogP contribution in [-0.4, -0.2) is 9.78 Å². The molecule has 0 aliphatic carbocycles. The Bertz CT molecular complexity index is 480. The van der Waals surface area contributed by atoms with Crippen molar-refractivity contribution in [1.29, 1.82) is 0 Å². The molecule has 68 valence electrons. The van der Waals surface area contributed by atoms with Crippen molar-refractivity contribution < 1.29 is 4.39 Å². The summed E-state index contributed by atoms with van der Waals surface area (Å²) in [6.07, 6.45) is 1.78. The van der Waals surface area contributed by atoms with E-state index in [0.29, 0.717) is 9.99 Å². The van der Waals surface area contributed by atoms with Gasteiger partial charge >= 0.3 is 0 Å². The largest absolute Gasteiger partial charge is 0.275 e. The van der Waals surface area contributed by atoms with Gasteiger partial charge in [-0.3, -0.25) is 4.68 Å². The predicted molar refractivity (Wildman–Crippen MR) is 53.4 cm³/mol. The molecule has 0 aliphatic rings. The monoisotopic (exact) mass is 262 g/mol. The molecule has 2 aromatic rings. The van der Waals surface area contributed by atoms with E-state index in [4.69, 9.17) is 11.6 Å². The van der Waals surface area contributed by atoms with Crippen LogP contribution in [0, 0.1) is 5.82 Å². The highest BCUT2D eigenvalue weighted by atomic mass is 79.9. The van der Waals surface area contributed by atoms with Crippen molar-refractivity contribution >= 4 is 38.4 Å². The molecule has 5 heteroatoms. The molecule has 0 atom stereocenters. The molecule has 0 amide bonds. The molecule has 0 fully saturated rings. The Morgan fingerprint density at radius 2 is 2.31 bits per heavy atom. The van der Waals surface area contributed by atoms with Gasteiger partial charge in [-0.15, -0.1) is 0 Å². The third-order valence-corrected chi connectivity index (χ3v) is 2.67. The number of hydrogen-bond donors (Lipinski definition) is 0. The molecule has 1 aromatic heterocycles. The van der Waals surface area contributed by atoms with Crippen molar-refractivity contribution in [3.63, 3.8) is 0 Å². The minimum Gasteiger partial charge on any atom is -0.275 e. The molecule has 0 radical (unpaired) electrons. The van der Waals surface area contributed by atoms with Gasteiger partial charge in [0.05, 0.1) is 4.47 Å². The summed E-state index contributed by atoms with van der Waals surface area (Å²) in [5.41, 5.74) is 0.491. The van der Waals surface area contributed by atoms with Gasteiger partial charge in [0.25, 0.3) is 0 Å². The zero-order valence-corrected chi connectivity index (χ0v) is 9.02. The van der Waals surface area contributed by atoms with E-state index >= 15 is 0 Å². The highest BCUT2D eigenvalue weighted by molar-refractivity contribution is 9.10. The smallest absolute Gasteiger partial charge is 0.158 e. The Morgan fingerprint density at radius 3 is 3.00 bits per heavy atom. The SMILES string of the molecule is Cn1cc2cc(Br)c(F)c(Cl)c2n1. The second-order valence-corrected chi connectivity index (χ2v) is 3.96. The number of aromatic nitrogens is 2. The van der Waals surface area contributed by atoms with Crippen LogP contribution >= 0.6 is 27.5 Å². The minimum atomic E-state index is -0.465. The number of hydrogen-bond acceptors (Lipinski definition) is 1. The summed E-state index contributed by atoms with van der Waals surface area (Å²) in [5.74, 6) is -0.465. The zero-order valence-electron chi connectivity index (χ0n) is 6.68. The average Bonchev–Trinajstić information content (AvgIpc) is 2.42.